The van der Waals surface area contributed by atoms with Crippen LogP contribution in [0.2, 0.25) is 10.0 Å². The predicted octanol–water partition coefficient (Wildman–Crippen LogP) is 3.52. The molecule has 1 heterocycles. The molecule has 180 valence electrons. The fourth-order valence-electron chi connectivity index (χ4n) is 2.98. The standard InChI is InChI=1S/C22H21BrCl2N4O5/c23-14-6-7-18(34-12-19(30)28-17-5-1-4-16(24)20(17)25)13(9-14)10-27-29-22(32)21(31)26-11-15-3-2-8-33-15/h1,4-7,9-10,15H,2-3,8,11-12H2,(H,26,31)(H,28,30)(H,29,32)/b27-10-/t15-/m0/s1. The lowest BCUT2D eigenvalue weighted by molar-refractivity contribution is -0.139. The van der Waals surface area contributed by atoms with Gasteiger partial charge in [-0.3, -0.25) is 14.4 Å². The molecule has 0 radical (unpaired) electrons. The Labute approximate surface area is 214 Å². The SMILES string of the molecule is O=C(COc1ccc(Br)cc1/C=N\NC(=O)C(=O)NC[C@@H]1CCCO1)Nc1cccc(Cl)c1Cl. The number of amides is 3. The van der Waals surface area contributed by atoms with E-state index in [4.69, 9.17) is 32.7 Å². The molecule has 0 unspecified atom stereocenters. The second kappa shape index (κ2) is 12.7. The third kappa shape index (κ3) is 7.69. The van der Waals surface area contributed by atoms with Gasteiger partial charge in [0.15, 0.2) is 6.61 Å². The zero-order valence-electron chi connectivity index (χ0n) is 17.8. The molecular weight excluding hydrogens is 551 g/mol. The number of carbonyl (C=O) groups excluding carboxylic acids is 3. The van der Waals surface area contributed by atoms with Gasteiger partial charge in [0, 0.05) is 23.2 Å². The molecule has 9 nitrogen and oxygen atoms in total. The minimum Gasteiger partial charge on any atom is -0.483 e. The molecule has 3 amide bonds. The van der Waals surface area contributed by atoms with Crippen LogP contribution in [0.25, 0.3) is 0 Å². The van der Waals surface area contributed by atoms with E-state index in [2.05, 4.69) is 37.1 Å². The number of halogens is 3. The molecule has 0 saturated carbocycles. The van der Waals surface area contributed by atoms with Crippen molar-refractivity contribution in [2.75, 3.05) is 25.1 Å². The molecule has 0 aromatic heterocycles. The fraction of sp³-hybridized carbons (Fsp3) is 0.273. The van der Waals surface area contributed by atoms with Gasteiger partial charge in [-0.2, -0.15) is 5.10 Å². The molecule has 1 saturated heterocycles. The van der Waals surface area contributed by atoms with Crippen LogP contribution in [-0.2, 0) is 19.1 Å². The van der Waals surface area contributed by atoms with Crippen LogP contribution < -0.4 is 20.8 Å². The molecule has 3 rings (SSSR count). The highest BCUT2D eigenvalue weighted by atomic mass is 79.9. The molecule has 1 fully saturated rings. The molecule has 2 aromatic carbocycles. The van der Waals surface area contributed by atoms with Gasteiger partial charge in [0.25, 0.3) is 5.91 Å². The van der Waals surface area contributed by atoms with Crippen LogP contribution in [0.3, 0.4) is 0 Å². The van der Waals surface area contributed by atoms with E-state index in [1.807, 2.05) is 0 Å². The maximum atomic E-state index is 12.3. The van der Waals surface area contributed by atoms with Crippen molar-refractivity contribution >= 4 is 68.8 Å². The van der Waals surface area contributed by atoms with Crippen molar-refractivity contribution in [3.05, 3.63) is 56.5 Å². The third-order valence-electron chi connectivity index (χ3n) is 4.65. The van der Waals surface area contributed by atoms with Gasteiger partial charge in [0.2, 0.25) is 0 Å². The van der Waals surface area contributed by atoms with Gasteiger partial charge in [0.05, 0.1) is 28.1 Å². The lowest BCUT2D eigenvalue weighted by Crippen LogP contribution is -2.41. The first kappa shape index (κ1) is 26.0. The van der Waals surface area contributed by atoms with Crippen molar-refractivity contribution in [3.63, 3.8) is 0 Å². The van der Waals surface area contributed by atoms with E-state index in [9.17, 15) is 14.4 Å². The number of hydrogen-bond acceptors (Lipinski definition) is 6. The highest BCUT2D eigenvalue weighted by Crippen LogP contribution is 2.29. The zero-order chi connectivity index (χ0) is 24.5. The maximum Gasteiger partial charge on any atom is 0.329 e. The molecule has 0 bridgehead atoms. The van der Waals surface area contributed by atoms with E-state index in [0.717, 1.165) is 17.3 Å². The van der Waals surface area contributed by atoms with E-state index in [1.54, 1.807) is 36.4 Å². The minimum atomic E-state index is -0.913. The number of hydrazone groups is 1. The predicted molar refractivity (Wildman–Crippen MR) is 132 cm³/mol. The summed E-state index contributed by atoms with van der Waals surface area (Å²) in [4.78, 5) is 36.1. The summed E-state index contributed by atoms with van der Waals surface area (Å²) in [7, 11) is 0. The number of hydrogen-bond donors (Lipinski definition) is 3. The molecule has 1 atom stereocenters. The Balaban J connectivity index is 1.53. The Morgan fingerprint density at radius 3 is 2.79 bits per heavy atom. The summed E-state index contributed by atoms with van der Waals surface area (Å²) in [6, 6.07) is 9.90. The molecule has 12 heteroatoms. The quantitative estimate of drug-likeness (QED) is 0.254. The van der Waals surface area contributed by atoms with Gasteiger partial charge in [-0.1, -0.05) is 45.2 Å². The summed E-state index contributed by atoms with van der Waals surface area (Å²) in [5.41, 5.74) is 2.99. The first-order chi connectivity index (χ1) is 16.3. The molecule has 34 heavy (non-hydrogen) atoms. The van der Waals surface area contributed by atoms with E-state index >= 15 is 0 Å². The smallest absolute Gasteiger partial charge is 0.329 e. The normalized spacial score (nSPS) is 15.2. The number of rotatable bonds is 8. The van der Waals surface area contributed by atoms with Gasteiger partial charge in [-0.25, -0.2) is 5.43 Å². The Kier molecular flexibility index (Phi) is 9.70. The lowest BCUT2D eigenvalue weighted by Gasteiger charge is -2.11. The second-order valence-electron chi connectivity index (χ2n) is 7.16. The first-order valence-corrected chi connectivity index (χ1v) is 11.8. The summed E-state index contributed by atoms with van der Waals surface area (Å²) >= 11 is 15.4. The summed E-state index contributed by atoms with van der Waals surface area (Å²) < 4.78 is 11.7. The van der Waals surface area contributed by atoms with Crippen LogP contribution in [0, 0.1) is 0 Å². The summed E-state index contributed by atoms with van der Waals surface area (Å²) in [5, 5.41) is 9.48. The van der Waals surface area contributed by atoms with Crippen molar-refractivity contribution < 1.29 is 23.9 Å². The van der Waals surface area contributed by atoms with Gasteiger partial charge in [-0.05, 0) is 43.2 Å². The van der Waals surface area contributed by atoms with Crippen LogP contribution in [0.5, 0.6) is 5.75 Å². The molecule has 2 aromatic rings. The average Bonchev–Trinajstić information content (AvgIpc) is 3.33. The van der Waals surface area contributed by atoms with E-state index in [1.165, 1.54) is 6.21 Å². The van der Waals surface area contributed by atoms with Crippen molar-refractivity contribution in [3.8, 4) is 5.75 Å². The van der Waals surface area contributed by atoms with Crippen LogP contribution in [0.1, 0.15) is 18.4 Å². The maximum absolute atomic E-state index is 12.3. The molecule has 1 aliphatic rings. The van der Waals surface area contributed by atoms with Gasteiger partial charge >= 0.3 is 11.8 Å². The first-order valence-electron chi connectivity index (χ1n) is 10.2. The summed E-state index contributed by atoms with van der Waals surface area (Å²) in [5.74, 6) is -1.85. The van der Waals surface area contributed by atoms with E-state index in [-0.39, 0.29) is 24.3 Å². The van der Waals surface area contributed by atoms with Gasteiger partial charge in [0.1, 0.15) is 5.75 Å². The third-order valence-corrected chi connectivity index (χ3v) is 5.96. The number of ether oxygens (including phenoxy) is 2. The highest BCUT2D eigenvalue weighted by Gasteiger charge is 2.19. The number of anilines is 1. The average molecular weight is 572 g/mol. The topological polar surface area (TPSA) is 118 Å². The minimum absolute atomic E-state index is 0.0752. The molecule has 1 aliphatic heterocycles. The van der Waals surface area contributed by atoms with E-state index in [0.29, 0.717) is 28.6 Å². The van der Waals surface area contributed by atoms with Crippen LogP contribution >= 0.6 is 39.1 Å². The number of nitrogens with zero attached hydrogens (tertiary/aromatic N) is 1. The second-order valence-corrected chi connectivity index (χ2v) is 8.87. The Morgan fingerprint density at radius 2 is 2.03 bits per heavy atom. The van der Waals surface area contributed by atoms with Crippen LogP contribution in [-0.4, -0.2) is 49.8 Å². The van der Waals surface area contributed by atoms with Crippen molar-refractivity contribution in [1.82, 2.24) is 10.7 Å². The van der Waals surface area contributed by atoms with Crippen molar-refractivity contribution in [1.29, 1.82) is 0 Å². The Hall–Kier alpha value is -2.66. The molecule has 0 aliphatic carbocycles. The molecule has 0 spiro atoms. The van der Waals surface area contributed by atoms with E-state index < -0.39 is 17.7 Å². The number of benzene rings is 2. The van der Waals surface area contributed by atoms with Gasteiger partial charge in [-0.15, -0.1) is 0 Å². The highest BCUT2D eigenvalue weighted by molar-refractivity contribution is 9.10. The molecular formula is C22H21BrCl2N4O5. The monoisotopic (exact) mass is 570 g/mol. The lowest BCUT2D eigenvalue weighted by atomic mass is 10.2. The summed E-state index contributed by atoms with van der Waals surface area (Å²) in [6.07, 6.45) is 3.01. The largest absolute Gasteiger partial charge is 0.483 e. The number of nitrogens with one attached hydrogen (secondary N) is 3. The van der Waals surface area contributed by atoms with Crippen molar-refractivity contribution in [2.45, 2.75) is 18.9 Å². The fourth-order valence-corrected chi connectivity index (χ4v) is 3.71. The Morgan fingerprint density at radius 1 is 1.21 bits per heavy atom. The van der Waals surface area contributed by atoms with Crippen molar-refractivity contribution in [2.24, 2.45) is 5.10 Å². The van der Waals surface area contributed by atoms with Crippen LogP contribution in [0.15, 0.2) is 46.0 Å². The Bertz CT molecular complexity index is 1090. The number of carbonyl (C=O) groups is 3. The van der Waals surface area contributed by atoms with Crippen LogP contribution in [0.4, 0.5) is 5.69 Å². The van der Waals surface area contributed by atoms with Gasteiger partial charge < -0.3 is 20.1 Å². The summed E-state index contributed by atoms with van der Waals surface area (Å²) in [6.45, 7) is 0.607. The zero-order valence-corrected chi connectivity index (χ0v) is 20.9. The molecule has 3 N–H and O–H groups in total.